The van der Waals surface area contributed by atoms with Crippen LogP contribution in [0.5, 0.6) is 0 Å². The third kappa shape index (κ3) is 2.50. The second kappa shape index (κ2) is 3.95. The maximum atomic E-state index is 4.81. The van der Waals surface area contributed by atoms with Gasteiger partial charge in [-0.2, -0.15) is 0 Å². The molecule has 0 saturated carbocycles. The molecule has 13 heavy (non-hydrogen) atoms. The van der Waals surface area contributed by atoms with Crippen LogP contribution in [0, 0.1) is 0 Å². The van der Waals surface area contributed by atoms with Crippen molar-refractivity contribution >= 4 is 37.4 Å². The summed E-state index contributed by atoms with van der Waals surface area (Å²) in [6.45, 7) is 6.70. The summed E-state index contributed by atoms with van der Waals surface area (Å²) in [5.41, 5.74) is 0. The third-order valence-electron chi connectivity index (χ3n) is 2.02. The molecule has 0 aromatic heterocycles. The van der Waals surface area contributed by atoms with Gasteiger partial charge in [0.2, 0.25) is 0 Å². The summed E-state index contributed by atoms with van der Waals surface area (Å²) in [4.78, 5) is 0. The molecule has 3 heteroatoms. The van der Waals surface area contributed by atoms with Gasteiger partial charge in [-0.1, -0.05) is 0 Å². The van der Waals surface area contributed by atoms with Gasteiger partial charge in [0, 0.05) is 0 Å². The molecular weight excluding hydrogens is 262 g/mol. The molecule has 0 aliphatic rings. The monoisotopic (exact) mass is 278 g/mol. The molecule has 0 fully saturated rings. The Balaban J connectivity index is 3.17. The van der Waals surface area contributed by atoms with E-state index in [1.165, 1.54) is 5.30 Å². The van der Waals surface area contributed by atoms with E-state index in [0.29, 0.717) is 0 Å². The first-order valence-electron chi connectivity index (χ1n) is 4.24. The van der Waals surface area contributed by atoms with Crippen LogP contribution in [0.25, 0.3) is 0 Å². The van der Waals surface area contributed by atoms with E-state index < -0.39 is 4.71 Å². The van der Waals surface area contributed by atoms with Crippen LogP contribution in [0.4, 0.5) is 0 Å². The molecule has 1 aromatic carbocycles. The standard InChI is InChI=1S/C10H15PSSe/c1-10(2,3)11(12,13)9-7-5-4-6-8-9/h4-8H,1-3H3,(H,12,13). The SMILES string of the molecule is CC(C)(C)P(S)(=[Se])c1ccccc1. The van der Waals surface area contributed by atoms with E-state index in [2.05, 4.69) is 60.1 Å². The molecule has 0 radical (unpaired) electrons. The zero-order valence-corrected chi connectivity index (χ0v) is 11.7. The van der Waals surface area contributed by atoms with Gasteiger partial charge in [-0.25, -0.2) is 0 Å². The van der Waals surface area contributed by atoms with Crippen molar-refractivity contribution in [2.45, 2.75) is 25.9 Å². The van der Waals surface area contributed by atoms with Gasteiger partial charge in [-0.15, -0.1) is 0 Å². The van der Waals surface area contributed by atoms with E-state index in [1.54, 1.807) is 0 Å². The van der Waals surface area contributed by atoms with Crippen LogP contribution in [0.1, 0.15) is 20.8 Å². The molecule has 0 aliphatic heterocycles. The van der Waals surface area contributed by atoms with Gasteiger partial charge in [0.15, 0.2) is 0 Å². The van der Waals surface area contributed by atoms with E-state index >= 15 is 0 Å². The fourth-order valence-corrected chi connectivity index (χ4v) is 3.53. The fraction of sp³-hybridized carbons (Fsp3) is 0.400. The van der Waals surface area contributed by atoms with Crippen molar-refractivity contribution < 1.29 is 0 Å². The van der Waals surface area contributed by atoms with Crippen LogP contribution in [-0.4, -0.2) is 20.3 Å². The summed E-state index contributed by atoms with van der Waals surface area (Å²) in [6.07, 6.45) is 0. The molecular formula is C10H15PSSe. The Morgan fingerprint density at radius 3 is 2.00 bits per heavy atom. The van der Waals surface area contributed by atoms with E-state index in [-0.39, 0.29) is 5.16 Å². The summed E-state index contributed by atoms with van der Waals surface area (Å²) >= 11 is 8.10. The number of hydrogen-bond acceptors (Lipinski definition) is 1. The molecule has 0 aliphatic carbocycles. The topological polar surface area (TPSA) is 0 Å². The predicted molar refractivity (Wildman–Crippen MR) is 67.5 cm³/mol. The zero-order chi connectivity index (χ0) is 10.1. The van der Waals surface area contributed by atoms with Crippen molar-refractivity contribution in [1.82, 2.24) is 0 Å². The Labute approximate surface area is 93.5 Å². The van der Waals surface area contributed by atoms with Crippen LogP contribution >= 0.6 is 17.0 Å². The maximum absolute atomic E-state index is 4.81. The first-order chi connectivity index (χ1) is 5.86. The first kappa shape index (κ1) is 11.6. The average Bonchev–Trinajstić information content (AvgIpc) is 2.04. The Bertz CT molecular complexity index is 327. The molecule has 1 unspecified atom stereocenters. The predicted octanol–water partition coefficient (Wildman–Crippen LogP) is 3.06. The van der Waals surface area contributed by atoms with Gasteiger partial charge in [0.1, 0.15) is 0 Å². The van der Waals surface area contributed by atoms with Crippen molar-refractivity contribution in [3.8, 4) is 0 Å². The molecule has 0 nitrogen and oxygen atoms in total. The van der Waals surface area contributed by atoms with E-state index in [9.17, 15) is 0 Å². The van der Waals surface area contributed by atoms with Crippen molar-refractivity contribution in [2.75, 3.05) is 0 Å². The fourth-order valence-electron chi connectivity index (χ4n) is 1.02. The molecule has 72 valence electrons. The Morgan fingerprint density at radius 1 is 1.15 bits per heavy atom. The molecule has 0 spiro atoms. The van der Waals surface area contributed by atoms with Crippen molar-refractivity contribution in [3.63, 3.8) is 0 Å². The number of rotatable bonds is 1. The molecule has 1 rings (SSSR count). The second-order valence-corrected chi connectivity index (χ2v) is 14.2. The summed E-state index contributed by atoms with van der Waals surface area (Å²) in [6, 6.07) is 10.5. The number of thiol groups is 1. The molecule has 0 N–H and O–H groups in total. The molecule has 0 amide bonds. The van der Waals surface area contributed by atoms with Crippen LogP contribution in [0.15, 0.2) is 30.3 Å². The normalized spacial score (nSPS) is 16.6. The van der Waals surface area contributed by atoms with Crippen molar-refractivity contribution in [3.05, 3.63) is 30.3 Å². The third-order valence-corrected chi connectivity index (χ3v) is 12.1. The molecule has 0 heterocycles. The van der Waals surface area contributed by atoms with Crippen LogP contribution < -0.4 is 5.30 Å². The Kier molecular flexibility index (Phi) is 3.52. The van der Waals surface area contributed by atoms with Gasteiger partial charge in [-0.3, -0.25) is 0 Å². The van der Waals surface area contributed by atoms with Gasteiger partial charge >= 0.3 is 93.6 Å². The van der Waals surface area contributed by atoms with Crippen LogP contribution in [0.2, 0.25) is 0 Å². The van der Waals surface area contributed by atoms with Crippen molar-refractivity contribution in [1.29, 1.82) is 0 Å². The first-order valence-corrected chi connectivity index (χ1v) is 9.40. The number of hydrogen-bond donors (Lipinski definition) is 1. The summed E-state index contributed by atoms with van der Waals surface area (Å²) in [5.74, 6) is 0. The second-order valence-electron chi connectivity index (χ2n) is 4.08. The summed E-state index contributed by atoms with van der Waals surface area (Å²) in [7, 11) is 0. The molecule has 0 saturated heterocycles. The average molecular weight is 277 g/mol. The van der Waals surface area contributed by atoms with E-state index in [4.69, 9.17) is 12.2 Å². The zero-order valence-electron chi connectivity index (χ0n) is 8.19. The van der Waals surface area contributed by atoms with E-state index in [1.807, 2.05) is 6.07 Å². The van der Waals surface area contributed by atoms with Crippen LogP contribution in [-0.2, 0) is 0 Å². The number of benzene rings is 1. The minimum atomic E-state index is -1.41. The Morgan fingerprint density at radius 2 is 1.62 bits per heavy atom. The molecule has 1 aromatic rings. The minimum absolute atomic E-state index is 0.220. The summed E-state index contributed by atoms with van der Waals surface area (Å²) in [5, 5.41) is 1.56. The van der Waals surface area contributed by atoms with Gasteiger partial charge in [0.05, 0.1) is 0 Å². The Hall–Kier alpha value is 0.519. The van der Waals surface area contributed by atoms with Gasteiger partial charge in [0.25, 0.3) is 0 Å². The summed E-state index contributed by atoms with van der Waals surface area (Å²) < 4.78 is -1.41. The van der Waals surface area contributed by atoms with Crippen LogP contribution in [0.3, 0.4) is 0 Å². The van der Waals surface area contributed by atoms with Gasteiger partial charge < -0.3 is 0 Å². The van der Waals surface area contributed by atoms with E-state index in [0.717, 1.165) is 0 Å². The van der Waals surface area contributed by atoms with Gasteiger partial charge in [-0.05, 0) is 0 Å². The quantitative estimate of drug-likeness (QED) is 0.455. The molecule has 0 bridgehead atoms. The van der Waals surface area contributed by atoms with Crippen molar-refractivity contribution in [2.24, 2.45) is 0 Å². The molecule has 1 atom stereocenters.